The van der Waals surface area contributed by atoms with E-state index >= 15 is 0 Å². The molecule has 7 aromatic rings. The third-order valence-corrected chi connectivity index (χ3v) is 7.46. The van der Waals surface area contributed by atoms with E-state index in [1.54, 1.807) is 24.8 Å². The summed E-state index contributed by atoms with van der Waals surface area (Å²) in [7, 11) is 0. The number of rotatable bonds is 3. The minimum Gasteiger partial charge on any atom is -0.309 e. The van der Waals surface area contributed by atoms with Crippen molar-refractivity contribution in [3.63, 3.8) is 0 Å². The fourth-order valence-corrected chi connectivity index (χ4v) is 5.70. The standard InChI is InChI=1S/C33H20N6/c1-20-24-6-2-3-7-25(24)28-12-29-26-8-4-5-9-32(26)39(33(29)13-27(20)28)23-10-30(21-14-34-18-35-15-21)38-31(11-23)22-16-36-19-37-17-22/h2-19H,1H2. The maximum absolute atomic E-state index is 4.95. The van der Waals surface area contributed by atoms with Crippen molar-refractivity contribution in [2.45, 2.75) is 0 Å². The molecule has 0 radical (unpaired) electrons. The second-order valence-corrected chi connectivity index (χ2v) is 9.64. The van der Waals surface area contributed by atoms with E-state index < -0.39 is 0 Å². The molecule has 39 heavy (non-hydrogen) atoms. The van der Waals surface area contributed by atoms with Crippen molar-refractivity contribution in [2.24, 2.45) is 0 Å². The van der Waals surface area contributed by atoms with E-state index in [1.807, 2.05) is 0 Å². The first-order valence-corrected chi connectivity index (χ1v) is 12.7. The number of benzene rings is 3. The molecule has 0 saturated heterocycles. The summed E-state index contributed by atoms with van der Waals surface area (Å²) < 4.78 is 2.31. The van der Waals surface area contributed by atoms with Crippen LogP contribution >= 0.6 is 0 Å². The van der Waals surface area contributed by atoms with Crippen molar-refractivity contribution in [1.82, 2.24) is 29.5 Å². The van der Waals surface area contributed by atoms with Crippen molar-refractivity contribution in [3.05, 3.63) is 128 Å². The first-order chi connectivity index (χ1) is 19.3. The van der Waals surface area contributed by atoms with Crippen LogP contribution in [0.1, 0.15) is 11.1 Å². The fraction of sp³-hybridized carbons (Fsp3) is 0. The lowest BCUT2D eigenvalue weighted by Gasteiger charge is -2.13. The average Bonchev–Trinajstić information content (AvgIpc) is 3.48. The normalized spacial score (nSPS) is 12.2. The summed E-state index contributed by atoms with van der Waals surface area (Å²) in [6.45, 7) is 4.46. The van der Waals surface area contributed by atoms with E-state index in [1.165, 1.54) is 40.1 Å². The number of para-hydroxylation sites is 1. The lowest BCUT2D eigenvalue weighted by atomic mass is 10.0. The van der Waals surface area contributed by atoms with Crippen LogP contribution in [0.4, 0.5) is 0 Å². The van der Waals surface area contributed by atoms with Gasteiger partial charge in [-0.25, -0.2) is 24.9 Å². The van der Waals surface area contributed by atoms with Crippen LogP contribution in [0.5, 0.6) is 0 Å². The van der Waals surface area contributed by atoms with E-state index in [-0.39, 0.29) is 0 Å². The highest BCUT2D eigenvalue weighted by atomic mass is 15.0. The number of fused-ring (bicyclic) bond motifs is 6. The van der Waals surface area contributed by atoms with Crippen molar-refractivity contribution in [3.8, 4) is 39.3 Å². The van der Waals surface area contributed by atoms with Gasteiger partial charge in [-0.1, -0.05) is 49.0 Å². The van der Waals surface area contributed by atoms with Gasteiger partial charge >= 0.3 is 0 Å². The molecule has 4 heterocycles. The van der Waals surface area contributed by atoms with Crippen molar-refractivity contribution in [1.29, 1.82) is 0 Å². The minimum atomic E-state index is 0.774. The van der Waals surface area contributed by atoms with Gasteiger partial charge in [0, 0.05) is 46.7 Å². The Labute approximate surface area is 224 Å². The summed E-state index contributed by atoms with van der Waals surface area (Å²) in [4.78, 5) is 21.9. The molecule has 6 heteroatoms. The van der Waals surface area contributed by atoms with Crippen LogP contribution in [0.25, 0.3) is 66.7 Å². The zero-order chi connectivity index (χ0) is 25.9. The summed E-state index contributed by atoms with van der Waals surface area (Å²) in [5, 5.41) is 2.39. The van der Waals surface area contributed by atoms with E-state index in [0.717, 1.165) is 50.4 Å². The molecular weight excluding hydrogens is 480 g/mol. The summed E-state index contributed by atoms with van der Waals surface area (Å²) in [5.41, 5.74) is 12.3. The lowest BCUT2D eigenvalue weighted by Crippen LogP contribution is -1.99. The molecular formula is C33H20N6. The Morgan fingerprint density at radius 2 is 1.15 bits per heavy atom. The van der Waals surface area contributed by atoms with E-state index in [4.69, 9.17) is 4.98 Å². The van der Waals surface area contributed by atoms with Crippen LogP contribution in [0.3, 0.4) is 0 Å². The summed E-state index contributed by atoms with van der Waals surface area (Å²) in [6, 6.07) is 25.8. The van der Waals surface area contributed by atoms with E-state index in [9.17, 15) is 0 Å². The smallest absolute Gasteiger partial charge is 0.115 e. The van der Waals surface area contributed by atoms with Crippen molar-refractivity contribution in [2.75, 3.05) is 0 Å². The number of aromatic nitrogens is 6. The van der Waals surface area contributed by atoms with E-state index in [2.05, 4.69) is 104 Å². The highest BCUT2D eigenvalue weighted by Crippen LogP contribution is 2.47. The van der Waals surface area contributed by atoms with Crippen molar-refractivity contribution < 1.29 is 0 Å². The largest absolute Gasteiger partial charge is 0.309 e. The zero-order valence-corrected chi connectivity index (χ0v) is 20.8. The highest BCUT2D eigenvalue weighted by Gasteiger charge is 2.25. The molecule has 0 atom stereocenters. The summed E-state index contributed by atoms with van der Waals surface area (Å²) >= 11 is 0. The lowest BCUT2D eigenvalue weighted by molar-refractivity contribution is 1.13. The van der Waals surface area contributed by atoms with Gasteiger partial charge in [0.15, 0.2) is 0 Å². The second kappa shape index (κ2) is 8.26. The van der Waals surface area contributed by atoms with Gasteiger partial charge in [0.25, 0.3) is 0 Å². The van der Waals surface area contributed by atoms with Gasteiger partial charge < -0.3 is 4.57 Å². The van der Waals surface area contributed by atoms with Gasteiger partial charge in [0.1, 0.15) is 12.7 Å². The molecule has 0 unspecified atom stereocenters. The topological polar surface area (TPSA) is 69.4 Å². The van der Waals surface area contributed by atoms with Crippen LogP contribution in [-0.2, 0) is 0 Å². The Balaban J connectivity index is 1.45. The van der Waals surface area contributed by atoms with Crippen LogP contribution in [0.2, 0.25) is 0 Å². The molecule has 0 N–H and O–H groups in total. The quantitative estimate of drug-likeness (QED) is 0.258. The second-order valence-electron chi connectivity index (χ2n) is 9.64. The molecule has 0 saturated carbocycles. The molecule has 0 fully saturated rings. The van der Waals surface area contributed by atoms with Crippen LogP contribution in [0.15, 0.2) is 117 Å². The monoisotopic (exact) mass is 500 g/mol. The van der Waals surface area contributed by atoms with Crippen LogP contribution in [-0.4, -0.2) is 29.5 Å². The van der Waals surface area contributed by atoms with Gasteiger partial charge in [0.2, 0.25) is 0 Å². The predicted molar refractivity (Wildman–Crippen MR) is 154 cm³/mol. The molecule has 0 bridgehead atoms. The number of hydrogen-bond acceptors (Lipinski definition) is 5. The SMILES string of the molecule is C=C1c2ccccc2-c2cc3c4ccccc4n(-c4cc(-c5cncnc5)nc(-c5cncnc5)c4)c3cc21. The molecule has 4 aromatic heterocycles. The van der Waals surface area contributed by atoms with Gasteiger partial charge in [-0.15, -0.1) is 0 Å². The van der Waals surface area contributed by atoms with Crippen molar-refractivity contribution >= 4 is 27.4 Å². The van der Waals surface area contributed by atoms with Crippen LogP contribution < -0.4 is 0 Å². The van der Waals surface area contributed by atoms with E-state index in [0.29, 0.717) is 0 Å². The molecule has 0 amide bonds. The Kier molecular flexibility index (Phi) is 4.57. The van der Waals surface area contributed by atoms with Gasteiger partial charge in [-0.3, -0.25) is 0 Å². The fourth-order valence-electron chi connectivity index (χ4n) is 5.70. The minimum absolute atomic E-state index is 0.774. The molecule has 3 aromatic carbocycles. The molecule has 8 rings (SSSR count). The molecule has 6 nitrogen and oxygen atoms in total. The maximum atomic E-state index is 4.95. The molecule has 1 aliphatic carbocycles. The third kappa shape index (κ3) is 3.25. The Morgan fingerprint density at radius 3 is 1.85 bits per heavy atom. The number of hydrogen-bond donors (Lipinski definition) is 0. The third-order valence-electron chi connectivity index (χ3n) is 7.46. The Morgan fingerprint density at radius 1 is 0.538 bits per heavy atom. The van der Waals surface area contributed by atoms with Gasteiger partial charge in [-0.05, 0) is 58.2 Å². The maximum Gasteiger partial charge on any atom is 0.115 e. The van der Waals surface area contributed by atoms with Gasteiger partial charge in [-0.2, -0.15) is 0 Å². The Hall–Kier alpha value is -5.49. The summed E-state index contributed by atoms with van der Waals surface area (Å²) in [6.07, 6.45) is 10.2. The van der Waals surface area contributed by atoms with Gasteiger partial charge in [0.05, 0.1) is 28.1 Å². The first kappa shape index (κ1) is 21.6. The predicted octanol–water partition coefficient (Wildman–Crippen LogP) is 7.13. The Bertz CT molecular complexity index is 2020. The molecule has 1 aliphatic rings. The highest BCUT2D eigenvalue weighted by molar-refractivity contribution is 6.14. The molecule has 0 spiro atoms. The van der Waals surface area contributed by atoms with Crippen LogP contribution in [0, 0.1) is 0 Å². The summed E-state index contributed by atoms with van der Waals surface area (Å²) in [5.74, 6) is 0. The average molecular weight is 501 g/mol. The molecule has 0 aliphatic heterocycles. The molecule has 182 valence electrons. The number of nitrogens with zero attached hydrogens (tertiary/aromatic N) is 6. The first-order valence-electron chi connectivity index (χ1n) is 12.7. The number of pyridine rings is 1. The zero-order valence-electron chi connectivity index (χ0n) is 20.8.